The third-order valence-corrected chi connectivity index (χ3v) is 5.85. The fourth-order valence-corrected chi connectivity index (χ4v) is 4.09. The molecule has 1 N–H and O–H groups in total. The first-order valence-corrected chi connectivity index (χ1v) is 10.5. The average Bonchev–Trinajstić information content (AvgIpc) is 2.88. The average molecular weight is 394 g/mol. The van der Waals surface area contributed by atoms with Gasteiger partial charge in [-0.2, -0.15) is 0 Å². The highest BCUT2D eigenvalue weighted by Gasteiger charge is 2.22. The van der Waals surface area contributed by atoms with Gasteiger partial charge in [0, 0.05) is 24.2 Å². The van der Waals surface area contributed by atoms with Crippen LogP contribution in [0.5, 0.6) is 0 Å². The summed E-state index contributed by atoms with van der Waals surface area (Å²) >= 11 is 5.78. The molecule has 24 heavy (non-hydrogen) atoms. The van der Waals surface area contributed by atoms with Crippen molar-refractivity contribution in [3.8, 4) is 0 Å². The molecule has 1 heterocycles. The van der Waals surface area contributed by atoms with Crippen molar-refractivity contribution in [2.75, 3.05) is 23.7 Å². The summed E-state index contributed by atoms with van der Waals surface area (Å²) in [5, 5.41) is 3.93. The van der Waals surface area contributed by atoms with E-state index in [1.54, 1.807) is 13.0 Å². The van der Waals surface area contributed by atoms with Crippen molar-refractivity contribution < 1.29 is 21.4 Å². The highest BCUT2D eigenvalue weighted by Crippen LogP contribution is 2.17. The van der Waals surface area contributed by atoms with E-state index in [2.05, 4.69) is 9.88 Å². The minimum Gasteiger partial charge on any atom is -0.360 e. The number of hydrogen-bond donors (Lipinski definition) is 1. The Morgan fingerprint density at radius 2 is 1.96 bits per heavy atom. The Hall–Kier alpha value is -1.62. The number of rotatable bonds is 7. The van der Waals surface area contributed by atoms with Gasteiger partial charge in [0.25, 0.3) is 0 Å². The summed E-state index contributed by atoms with van der Waals surface area (Å²) in [6, 6.07) is 7.21. The van der Waals surface area contributed by atoms with Crippen LogP contribution in [0.2, 0.25) is 5.02 Å². The minimum absolute atomic E-state index is 0.00168. The van der Waals surface area contributed by atoms with Crippen LogP contribution in [0.3, 0.4) is 0 Å². The summed E-state index contributed by atoms with van der Waals surface area (Å²) < 4.78 is 56.2. The van der Waals surface area contributed by atoms with Crippen LogP contribution in [0.4, 0.5) is 5.82 Å². The lowest BCUT2D eigenvalue weighted by Gasteiger charge is -2.19. The summed E-state index contributed by atoms with van der Waals surface area (Å²) in [7, 11) is -7.44. The Morgan fingerprint density at radius 3 is 2.50 bits per heavy atom. The van der Waals surface area contributed by atoms with Crippen LogP contribution >= 0.6 is 11.6 Å². The molecule has 0 saturated carbocycles. The Balaban J connectivity index is 2.10. The van der Waals surface area contributed by atoms with E-state index in [9.17, 15) is 16.8 Å². The number of benzene rings is 1. The van der Waals surface area contributed by atoms with Crippen LogP contribution in [0.25, 0.3) is 0 Å². The van der Waals surface area contributed by atoms with Crippen molar-refractivity contribution in [1.29, 1.82) is 0 Å². The molecule has 2 rings (SSSR count). The maximum Gasteiger partial charge on any atom is 0.240 e. The molecular formula is C13H16ClN3O5S2. The van der Waals surface area contributed by atoms with Crippen molar-refractivity contribution >= 4 is 37.5 Å². The van der Waals surface area contributed by atoms with Crippen molar-refractivity contribution in [2.45, 2.75) is 11.8 Å². The van der Waals surface area contributed by atoms with Crippen LogP contribution in [0.1, 0.15) is 5.76 Å². The van der Waals surface area contributed by atoms with E-state index in [0.717, 1.165) is 10.6 Å². The summed E-state index contributed by atoms with van der Waals surface area (Å²) in [5.74, 6) is 0.537. The van der Waals surface area contributed by atoms with E-state index in [1.165, 1.54) is 24.3 Å². The standard InChI is InChI=1S/C13H16ClN3O5S2/c1-10-8-13(16-22-10)17(23(2,18)19)7-6-15-24(20,21)12-5-3-4-11(14)9-12/h3-5,8-9,15H,6-7H2,1-2H3. The van der Waals surface area contributed by atoms with Crippen molar-refractivity contribution in [1.82, 2.24) is 9.88 Å². The molecule has 0 unspecified atom stereocenters. The molecule has 0 saturated heterocycles. The van der Waals surface area contributed by atoms with E-state index >= 15 is 0 Å². The van der Waals surface area contributed by atoms with Gasteiger partial charge in [0.05, 0.1) is 11.2 Å². The number of aryl methyl sites for hydroxylation is 1. The molecule has 1 aromatic heterocycles. The summed E-state index contributed by atoms with van der Waals surface area (Å²) in [6.07, 6.45) is 1.00. The van der Waals surface area contributed by atoms with Gasteiger partial charge in [0.1, 0.15) is 5.76 Å². The molecular weight excluding hydrogens is 378 g/mol. The molecule has 0 bridgehead atoms. The van der Waals surface area contributed by atoms with Gasteiger partial charge in [-0.25, -0.2) is 25.9 Å². The molecule has 0 aliphatic heterocycles. The summed E-state index contributed by atoms with van der Waals surface area (Å²) in [6.45, 7) is 1.34. The normalized spacial score (nSPS) is 12.3. The highest BCUT2D eigenvalue weighted by molar-refractivity contribution is 7.92. The van der Waals surface area contributed by atoms with Gasteiger partial charge in [0.2, 0.25) is 20.0 Å². The molecule has 132 valence electrons. The minimum atomic E-state index is -3.80. The third-order valence-electron chi connectivity index (χ3n) is 2.98. The van der Waals surface area contributed by atoms with Gasteiger partial charge in [-0.3, -0.25) is 0 Å². The zero-order chi connectivity index (χ0) is 18.0. The maximum atomic E-state index is 12.2. The molecule has 1 aromatic carbocycles. The Morgan fingerprint density at radius 1 is 1.25 bits per heavy atom. The first-order chi connectivity index (χ1) is 11.1. The molecule has 0 aliphatic rings. The van der Waals surface area contributed by atoms with Crippen molar-refractivity contribution in [3.63, 3.8) is 0 Å². The Kier molecular flexibility index (Phi) is 5.53. The fourth-order valence-electron chi connectivity index (χ4n) is 1.92. The van der Waals surface area contributed by atoms with Crippen molar-refractivity contribution in [3.05, 3.63) is 41.1 Å². The molecule has 0 fully saturated rings. The quantitative estimate of drug-likeness (QED) is 0.761. The second-order valence-corrected chi connectivity index (χ2v) is 9.10. The first-order valence-electron chi connectivity index (χ1n) is 6.76. The molecule has 0 amide bonds. The first kappa shape index (κ1) is 18.7. The highest BCUT2D eigenvalue weighted by atomic mass is 35.5. The van der Waals surface area contributed by atoms with E-state index in [1.807, 2.05) is 0 Å². The predicted molar refractivity (Wildman–Crippen MR) is 90.1 cm³/mol. The number of nitrogens with one attached hydrogen (secondary N) is 1. The zero-order valence-corrected chi connectivity index (χ0v) is 15.3. The van der Waals surface area contributed by atoms with E-state index < -0.39 is 20.0 Å². The predicted octanol–water partition coefficient (Wildman–Crippen LogP) is 1.38. The van der Waals surface area contributed by atoms with Gasteiger partial charge in [-0.1, -0.05) is 22.8 Å². The van der Waals surface area contributed by atoms with Gasteiger partial charge in [0.15, 0.2) is 5.82 Å². The van der Waals surface area contributed by atoms with Gasteiger partial charge >= 0.3 is 0 Å². The molecule has 0 spiro atoms. The lowest BCUT2D eigenvalue weighted by Crippen LogP contribution is -2.38. The maximum absolute atomic E-state index is 12.2. The van der Waals surface area contributed by atoms with E-state index in [4.69, 9.17) is 16.1 Å². The van der Waals surface area contributed by atoms with Crippen LogP contribution in [0, 0.1) is 6.92 Å². The topological polar surface area (TPSA) is 110 Å². The number of anilines is 1. The van der Waals surface area contributed by atoms with Gasteiger partial charge in [-0.05, 0) is 25.1 Å². The number of nitrogens with zero attached hydrogens (tertiary/aromatic N) is 2. The number of aromatic nitrogens is 1. The number of sulfonamides is 2. The zero-order valence-electron chi connectivity index (χ0n) is 12.9. The lowest BCUT2D eigenvalue weighted by atomic mass is 10.4. The molecule has 2 aromatic rings. The molecule has 0 atom stereocenters. The fraction of sp³-hybridized carbons (Fsp3) is 0.308. The SMILES string of the molecule is Cc1cc(N(CCNS(=O)(=O)c2cccc(Cl)c2)S(C)(=O)=O)no1. The summed E-state index contributed by atoms with van der Waals surface area (Å²) in [4.78, 5) is -0.00168. The van der Waals surface area contributed by atoms with Crippen LogP contribution in [-0.2, 0) is 20.0 Å². The summed E-state index contributed by atoms with van der Waals surface area (Å²) in [5.41, 5.74) is 0. The van der Waals surface area contributed by atoms with Crippen LogP contribution in [0.15, 0.2) is 39.8 Å². The van der Waals surface area contributed by atoms with Gasteiger partial charge < -0.3 is 4.52 Å². The monoisotopic (exact) mass is 393 g/mol. The molecule has 0 aliphatic carbocycles. The second-order valence-electron chi connectivity index (χ2n) is 4.99. The molecule has 0 radical (unpaired) electrons. The van der Waals surface area contributed by atoms with E-state index in [0.29, 0.717) is 5.76 Å². The third kappa shape index (κ3) is 4.69. The number of hydrogen-bond acceptors (Lipinski definition) is 6. The second kappa shape index (κ2) is 7.09. The van der Waals surface area contributed by atoms with Crippen LogP contribution < -0.4 is 9.03 Å². The Labute approximate surface area is 145 Å². The van der Waals surface area contributed by atoms with E-state index in [-0.39, 0.29) is 28.8 Å². The van der Waals surface area contributed by atoms with Gasteiger partial charge in [-0.15, -0.1) is 0 Å². The lowest BCUT2D eigenvalue weighted by molar-refractivity contribution is 0.398. The largest absolute Gasteiger partial charge is 0.360 e. The smallest absolute Gasteiger partial charge is 0.240 e. The van der Waals surface area contributed by atoms with Crippen LogP contribution in [-0.4, -0.2) is 41.3 Å². The Bertz CT molecular complexity index is 925. The molecule has 11 heteroatoms. The number of halogens is 1. The van der Waals surface area contributed by atoms with Crippen molar-refractivity contribution in [2.24, 2.45) is 0 Å². The molecule has 8 nitrogen and oxygen atoms in total.